The highest BCUT2D eigenvalue weighted by atomic mass is 32.2. The van der Waals surface area contributed by atoms with Crippen molar-refractivity contribution >= 4 is 21.4 Å². The van der Waals surface area contributed by atoms with Crippen LogP contribution in [0.4, 0.5) is 0 Å². The summed E-state index contributed by atoms with van der Waals surface area (Å²) < 4.78 is 22.9. The van der Waals surface area contributed by atoms with Crippen LogP contribution in [0.5, 0.6) is 0 Å². The van der Waals surface area contributed by atoms with Crippen molar-refractivity contribution in [1.82, 2.24) is 0 Å². The van der Waals surface area contributed by atoms with Crippen molar-refractivity contribution in [2.45, 2.75) is 17.1 Å². The SMILES string of the molecule is NS(=O)(=O)c1sccc1CCc1ccccc1. The van der Waals surface area contributed by atoms with Crippen LogP contribution in [0, 0.1) is 0 Å². The number of hydrogen-bond acceptors (Lipinski definition) is 3. The number of hydrogen-bond donors (Lipinski definition) is 1. The van der Waals surface area contributed by atoms with Gasteiger partial charge in [0.2, 0.25) is 10.0 Å². The standard InChI is InChI=1S/C12H13NO2S2/c13-17(14,15)12-11(8-9-16-12)7-6-10-4-2-1-3-5-10/h1-5,8-9H,6-7H2,(H2,13,14,15). The second-order valence-electron chi connectivity index (χ2n) is 3.76. The van der Waals surface area contributed by atoms with E-state index in [9.17, 15) is 8.42 Å². The van der Waals surface area contributed by atoms with Gasteiger partial charge in [-0.25, -0.2) is 13.6 Å². The van der Waals surface area contributed by atoms with Gasteiger partial charge in [-0.2, -0.15) is 0 Å². The lowest BCUT2D eigenvalue weighted by atomic mass is 10.1. The van der Waals surface area contributed by atoms with Crippen LogP contribution in [0.1, 0.15) is 11.1 Å². The van der Waals surface area contributed by atoms with Gasteiger partial charge in [-0.3, -0.25) is 0 Å². The van der Waals surface area contributed by atoms with Gasteiger partial charge < -0.3 is 0 Å². The molecule has 1 aromatic carbocycles. The van der Waals surface area contributed by atoms with Gasteiger partial charge in [0, 0.05) is 0 Å². The van der Waals surface area contributed by atoms with Crippen molar-refractivity contribution in [3.05, 3.63) is 52.9 Å². The molecule has 0 saturated heterocycles. The summed E-state index contributed by atoms with van der Waals surface area (Å²) in [4.78, 5) is 0. The molecule has 3 nitrogen and oxygen atoms in total. The van der Waals surface area contributed by atoms with E-state index in [2.05, 4.69) is 0 Å². The van der Waals surface area contributed by atoms with Crippen molar-refractivity contribution in [1.29, 1.82) is 0 Å². The maximum Gasteiger partial charge on any atom is 0.247 e. The summed E-state index contributed by atoms with van der Waals surface area (Å²) >= 11 is 1.18. The highest BCUT2D eigenvalue weighted by Gasteiger charge is 2.14. The van der Waals surface area contributed by atoms with Crippen molar-refractivity contribution in [3.8, 4) is 0 Å². The lowest BCUT2D eigenvalue weighted by molar-refractivity contribution is 0.599. The summed E-state index contributed by atoms with van der Waals surface area (Å²) in [5.74, 6) is 0. The maximum atomic E-state index is 11.3. The number of primary sulfonamides is 1. The Bertz CT molecular complexity index is 588. The Labute approximate surface area is 105 Å². The van der Waals surface area contributed by atoms with E-state index < -0.39 is 10.0 Å². The molecule has 0 amide bonds. The molecule has 2 N–H and O–H groups in total. The molecule has 2 aromatic rings. The van der Waals surface area contributed by atoms with Gasteiger partial charge in [0.1, 0.15) is 4.21 Å². The molecule has 1 heterocycles. The molecule has 17 heavy (non-hydrogen) atoms. The fourth-order valence-electron chi connectivity index (χ4n) is 1.68. The number of sulfonamides is 1. The lowest BCUT2D eigenvalue weighted by Gasteiger charge is -2.02. The first-order valence-corrected chi connectivity index (χ1v) is 7.63. The molecule has 0 fully saturated rings. The van der Waals surface area contributed by atoms with Crippen LogP contribution < -0.4 is 5.14 Å². The third-order valence-corrected chi connectivity index (χ3v) is 5.00. The molecule has 0 aliphatic rings. The molecule has 0 bridgehead atoms. The van der Waals surface area contributed by atoms with Crippen LogP contribution in [0.2, 0.25) is 0 Å². The van der Waals surface area contributed by atoms with E-state index in [4.69, 9.17) is 5.14 Å². The number of rotatable bonds is 4. The summed E-state index contributed by atoms with van der Waals surface area (Å²) in [6, 6.07) is 11.8. The number of nitrogens with two attached hydrogens (primary N) is 1. The molecule has 0 saturated carbocycles. The fourth-order valence-corrected chi connectivity index (χ4v) is 3.60. The summed E-state index contributed by atoms with van der Waals surface area (Å²) in [5.41, 5.74) is 2.00. The third-order valence-electron chi connectivity index (χ3n) is 2.49. The zero-order valence-electron chi connectivity index (χ0n) is 9.17. The van der Waals surface area contributed by atoms with Crippen LogP contribution in [0.3, 0.4) is 0 Å². The Morgan fingerprint density at radius 1 is 1.06 bits per heavy atom. The molecule has 0 aliphatic carbocycles. The van der Waals surface area contributed by atoms with Crippen LogP contribution in [-0.2, 0) is 22.9 Å². The second kappa shape index (κ2) is 5.00. The highest BCUT2D eigenvalue weighted by Crippen LogP contribution is 2.22. The third kappa shape index (κ3) is 3.15. The van der Waals surface area contributed by atoms with E-state index in [0.29, 0.717) is 6.42 Å². The van der Waals surface area contributed by atoms with Crippen molar-refractivity contribution in [2.75, 3.05) is 0 Å². The first-order chi connectivity index (χ1) is 8.07. The van der Waals surface area contributed by atoms with E-state index in [0.717, 1.165) is 12.0 Å². The molecule has 2 rings (SSSR count). The van der Waals surface area contributed by atoms with Crippen LogP contribution >= 0.6 is 11.3 Å². The summed E-state index contributed by atoms with van der Waals surface area (Å²) in [7, 11) is -3.58. The summed E-state index contributed by atoms with van der Waals surface area (Å²) in [5, 5.41) is 6.92. The topological polar surface area (TPSA) is 60.2 Å². The minimum atomic E-state index is -3.58. The molecule has 0 atom stereocenters. The first-order valence-electron chi connectivity index (χ1n) is 5.20. The largest absolute Gasteiger partial charge is 0.247 e. The highest BCUT2D eigenvalue weighted by molar-refractivity contribution is 7.91. The Hall–Kier alpha value is -1.17. The van der Waals surface area contributed by atoms with Gasteiger partial charge in [-0.1, -0.05) is 30.3 Å². The normalized spacial score (nSPS) is 11.6. The average molecular weight is 267 g/mol. The summed E-state index contributed by atoms with van der Waals surface area (Å²) in [6.07, 6.45) is 1.51. The van der Waals surface area contributed by atoms with Gasteiger partial charge in [0.15, 0.2) is 0 Å². The number of aryl methyl sites for hydroxylation is 2. The van der Waals surface area contributed by atoms with Crippen molar-refractivity contribution < 1.29 is 8.42 Å². The Kier molecular flexibility index (Phi) is 3.61. The summed E-state index contributed by atoms with van der Waals surface area (Å²) in [6.45, 7) is 0. The van der Waals surface area contributed by atoms with E-state index in [1.807, 2.05) is 36.4 Å². The van der Waals surface area contributed by atoms with E-state index in [1.54, 1.807) is 5.38 Å². The van der Waals surface area contributed by atoms with Crippen LogP contribution in [-0.4, -0.2) is 8.42 Å². The van der Waals surface area contributed by atoms with Crippen LogP contribution in [0.15, 0.2) is 46.0 Å². The second-order valence-corrected chi connectivity index (χ2v) is 6.44. The van der Waals surface area contributed by atoms with Gasteiger partial charge in [-0.15, -0.1) is 11.3 Å². The molecular weight excluding hydrogens is 254 g/mol. The van der Waals surface area contributed by atoms with E-state index >= 15 is 0 Å². The Balaban J connectivity index is 2.13. The minimum Gasteiger partial charge on any atom is -0.224 e. The predicted molar refractivity (Wildman–Crippen MR) is 69.5 cm³/mol. The monoisotopic (exact) mass is 267 g/mol. The van der Waals surface area contributed by atoms with Crippen molar-refractivity contribution in [3.63, 3.8) is 0 Å². The molecular formula is C12H13NO2S2. The van der Waals surface area contributed by atoms with E-state index in [-0.39, 0.29) is 4.21 Å². The van der Waals surface area contributed by atoms with Crippen molar-refractivity contribution in [2.24, 2.45) is 5.14 Å². The van der Waals surface area contributed by atoms with Gasteiger partial charge >= 0.3 is 0 Å². The Morgan fingerprint density at radius 3 is 2.41 bits per heavy atom. The first kappa shape index (κ1) is 12.3. The van der Waals surface area contributed by atoms with Crippen LogP contribution in [0.25, 0.3) is 0 Å². The molecule has 0 aliphatic heterocycles. The number of thiophene rings is 1. The number of benzene rings is 1. The molecule has 90 valence electrons. The lowest BCUT2D eigenvalue weighted by Crippen LogP contribution is -2.12. The zero-order valence-corrected chi connectivity index (χ0v) is 10.8. The molecule has 0 spiro atoms. The fraction of sp³-hybridized carbons (Fsp3) is 0.167. The smallest absolute Gasteiger partial charge is 0.224 e. The van der Waals surface area contributed by atoms with E-state index in [1.165, 1.54) is 16.9 Å². The Morgan fingerprint density at radius 2 is 1.76 bits per heavy atom. The zero-order chi connectivity index (χ0) is 12.3. The average Bonchev–Trinajstić information content (AvgIpc) is 2.75. The molecule has 1 aromatic heterocycles. The molecule has 5 heteroatoms. The van der Waals surface area contributed by atoms with Gasteiger partial charge in [0.25, 0.3) is 0 Å². The molecule has 0 unspecified atom stereocenters. The minimum absolute atomic E-state index is 0.286. The molecule has 0 radical (unpaired) electrons. The van der Waals surface area contributed by atoms with Gasteiger partial charge in [0.05, 0.1) is 0 Å². The van der Waals surface area contributed by atoms with Gasteiger partial charge in [-0.05, 0) is 35.4 Å². The predicted octanol–water partition coefficient (Wildman–Crippen LogP) is 2.18. The maximum absolute atomic E-state index is 11.3. The quantitative estimate of drug-likeness (QED) is 0.923.